The minimum absolute atomic E-state index is 0.0533. The molecule has 0 aliphatic heterocycles. The molecule has 4 saturated carbocycles. The van der Waals surface area contributed by atoms with E-state index in [1.807, 2.05) is 13.8 Å². The van der Waals surface area contributed by atoms with Crippen LogP contribution in [0.25, 0.3) is 0 Å². The van der Waals surface area contributed by atoms with Gasteiger partial charge in [-0.3, -0.25) is 10.1 Å². The maximum absolute atomic E-state index is 12.9. The highest BCUT2D eigenvalue weighted by Crippen LogP contribution is 2.55. The average molecular weight is 292 g/mol. The zero-order valence-electron chi connectivity index (χ0n) is 14.4. The lowest BCUT2D eigenvalue weighted by Crippen LogP contribution is -2.66. The van der Waals surface area contributed by atoms with Crippen LogP contribution in [0.15, 0.2) is 0 Å². The van der Waals surface area contributed by atoms with Crippen molar-refractivity contribution in [1.29, 1.82) is 0 Å². The van der Waals surface area contributed by atoms with Crippen molar-refractivity contribution in [2.24, 2.45) is 17.8 Å². The SMILES string of the molecule is CC(C)(C)NC(C)(C)C(=O)NC12CC3CC(CC(C3)C1)C2. The van der Waals surface area contributed by atoms with Crippen molar-refractivity contribution in [3.8, 4) is 0 Å². The molecule has 2 N–H and O–H groups in total. The molecule has 21 heavy (non-hydrogen) atoms. The second-order valence-corrected chi connectivity index (χ2v) is 9.65. The molecule has 4 fully saturated rings. The Bertz CT molecular complexity index is 398. The van der Waals surface area contributed by atoms with Gasteiger partial charge in [-0.1, -0.05) is 0 Å². The summed E-state index contributed by atoms with van der Waals surface area (Å²) >= 11 is 0. The Morgan fingerprint density at radius 1 is 0.905 bits per heavy atom. The molecular weight excluding hydrogens is 260 g/mol. The van der Waals surface area contributed by atoms with Crippen LogP contribution in [0.3, 0.4) is 0 Å². The van der Waals surface area contributed by atoms with Crippen molar-refractivity contribution in [3.05, 3.63) is 0 Å². The van der Waals surface area contributed by atoms with Gasteiger partial charge in [-0.15, -0.1) is 0 Å². The van der Waals surface area contributed by atoms with E-state index >= 15 is 0 Å². The van der Waals surface area contributed by atoms with E-state index < -0.39 is 5.54 Å². The van der Waals surface area contributed by atoms with Crippen LogP contribution in [-0.4, -0.2) is 22.5 Å². The Morgan fingerprint density at radius 3 is 1.71 bits per heavy atom. The Labute approximate surface area is 129 Å². The molecule has 0 heterocycles. The summed E-state index contributed by atoms with van der Waals surface area (Å²) in [5.41, 5.74) is -0.452. The fourth-order valence-electron chi connectivity index (χ4n) is 5.66. The van der Waals surface area contributed by atoms with Gasteiger partial charge < -0.3 is 5.32 Å². The fraction of sp³-hybridized carbons (Fsp3) is 0.944. The standard InChI is InChI=1S/C18H32N2O/c1-16(2,3)20-17(4,5)15(21)19-18-9-12-6-13(10-18)8-14(7-12)11-18/h12-14,20H,6-11H2,1-5H3,(H,19,21). The highest BCUT2D eigenvalue weighted by molar-refractivity contribution is 5.86. The largest absolute Gasteiger partial charge is 0.349 e. The zero-order valence-corrected chi connectivity index (χ0v) is 14.4. The highest BCUT2D eigenvalue weighted by atomic mass is 16.2. The van der Waals surface area contributed by atoms with E-state index in [2.05, 4.69) is 31.4 Å². The van der Waals surface area contributed by atoms with Crippen molar-refractivity contribution in [3.63, 3.8) is 0 Å². The Kier molecular flexibility index (Phi) is 3.44. The number of rotatable bonds is 3. The smallest absolute Gasteiger partial charge is 0.240 e. The quantitative estimate of drug-likeness (QED) is 0.838. The molecule has 0 aromatic rings. The normalized spacial score (nSPS) is 38.6. The summed E-state index contributed by atoms with van der Waals surface area (Å²) in [5.74, 6) is 2.79. The monoisotopic (exact) mass is 292 g/mol. The Balaban J connectivity index is 1.70. The molecule has 4 aliphatic rings. The molecule has 0 spiro atoms. The molecule has 4 bridgehead atoms. The van der Waals surface area contributed by atoms with Gasteiger partial charge in [-0.2, -0.15) is 0 Å². The highest BCUT2D eigenvalue weighted by Gasteiger charge is 2.52. The maximum atomic E-state index is 12.9. The lowest BCUT2D eigenvalue weighted by Gasteiger charge is -2.57. The van der Waals surface area contributed by atoms with Gasteiger partial charge in [-0.25, -0.2) is 0 Å². The molecule has 3 nitrogen and oxygen atoms in total. The van der Waals surface area contributed by atoms with E-state index in [4.69, 9.17) is 0 Å². The second kappa shape index (κ2) is 4.71. The van der Waals surface area contributed by atoms with E-state index in [9.17, 15) is 4.79 Å². The van der Waals surface area contributed by atoms with Crippen LogP contribution in [0.5, 0.6) is 0 Å². The molecule has 0 unspecified atom stereocenters. The molecule has 0 aromatic carbocycles. The minimum Gasteiger partial charge on any atom is -0.349 e. The lowest BCUT2D eigenvalue weighted by molar-refractivity contribution is -0.133. The molecule has 0 atom stereocenters. The van der Waals surface area contributed by atoms with Gasteiger partial charge in [0.1, 0.15) is 0 Å². The zero-order chi connectivity index (χ0) is 15.5. The lowest BCUT2D eigenvalue weighted by atomic mass is 9.53. The van der Waals surface area contributed by atoms with Gasteiger partial charge in [0.05, 0.1) is 5.54 Å². The molecule has 0 saturated heterocycles. The van der Waals surface area contributed by atoms with Crippen LogP contribution >= 0.6 is 0 Å². The predicted octanol–water partition coefficient (Wildman–Crippen LogP) is 3.24. The van der Waals surface area contributed by atoms with E-state index in [1.165, 1.54) is 38.5 Å². The topological polar surface area (TPSA) is 41.1 Å². The first kappa shape index (κ1) is 15.3. The summed E-state index contributed by atoms with van der Waals surface area (Å²) in [6.07, 6.45) is 7.90. The summed E-state index contributed by atoms with van der Waals surface area (Å²) in [6, 6.07) is 0. The summed E-state index contributed by atoms with van der Waals surface area (Å²) in [5, 5.41) is 6.95. The third-order valence-electron chi connectivity index (χ3n) is 5.67. The maximum Gasteiger partial charge on any atom is 0.240 e. The van der Waals surface area contributed by atoms with Crippen molar-refractivity contribution in [1.82, 2.24) is 10.6 Å². The molecule has 3 heteroatoms. The van der Waals surface area contributed by atoms with Crippen LogP contribution in [0.1, 0.15) is 73.1 Å². The van der Waals surface area contributed by atoms with Gasteiger partial charge >= 0.3 is 0 Å². The van der Waals surface area contributed by atoms with Crippen LogP contribution in [0.2, 0.25) is 0 Å². The van der Waals surface area contributed by atoms with E-state index in [1.54, 1.807) is 0 Å². The Hall–Kier alpha value is -0.570. The first-order valence-electron chi connectivity index (χ1n) is 8.69. The fourth-order valence-corrected chi connectivity index (χ4v) is 5.66. The van der Waals surface area contributed by atoms with Gasteiger partial charge in [0.2, 0.25) is 5.91 Å². The van der Waals surface area contributed by atoms with Gasteiger partial charge in [-0.05, 0) is 90.9 Å². The average Bonchev–Trinajstić information content (AvgIpc) is 2.22. The summed E-state index contributed by atoms with van der Waals surface area (Å²) < 4.78 is 0. The van der Waals surface area contributed by atoms with Gasteiger partial charge in [0.15, 0.2) is 0 Å². The third kappa shape index (κ3) is 3.13. The molecule has 1 amide bonds. The predicted molar refractivity (Wildman–Crippen MR) is 86.0 cm³/mol. The summed E-state index contributed by atoms with van der Waals surface area (Å²) in [4.78, 5) is 12.9. The van der Waals surface area contributed by atoms with E-state index in [-0.39, 0.29) is 17.0 Å². The second-order valence-electron chi connectivity index (χ2n) is 9.65. The number of hydrogen-bond donors (Lipinski definition) is 2. The summed E-state index contributed by atoms with van der Waals surface area (Å²) in [6.45, 7) is 10.4. The molecule has 0 radical (unpaired) electrons. The van der Waals surface area contributed by atoms with Gasteiger partial charge in [0, 0.05) is 11.1 Å². The molecular formula is C18H32N2O. The number of hydrogen-bond acceptors (Lipinski definition) is 2. The van der Waals surface area contributed by atoms with Crippen LogP contribution in [-0.2, 0) is 4.79 Å². The number of carbonyl (C=O) groups is 1. The molecule has 0 aromatic heterocycles. The minimum atomic E-state index is -0.512. The molecule has 4 rings (SSSR count). The number of carbonyl (C=O) groups excluding carboxylic acids is 1. The van der Waals surface area contributed by atoms with Crippen molar-refractivity contribution in [2.75, 3.05) is 0 Å². The molecule has 4 aliphatic carbocycles. The first-order valence-corrected chi connectivity index (χ1v) is 8.69. The van der Waals surface area contributed by atoms with Crippen molar-refractivity contribution >= 4 is 5.91 Å². The van der Waals surface area contributed by atoms with E-state index in [0.29, 0.717) is 0 Å². The number of amides is 1. The van der Waals surface area contributed by atoms with Crippen molar-refractivity contribution in [2.45, 2.75) is 89.8 Å². The van der Waals surface area contributed by atoms with Crippen LogP contribution < -0.4 is 10.6 Å². The van der Waals surface area contributed by atoms with Crippen LogP contribution in [0, 0.1) is 17.8 Å². The van der Waals surface area contributed by atoms with Gasteiger partial charge in [0.25, 0.3) is 0 Å². The number of nitrogens with one attached hydrogen (secondary N) is 2. The molecule has 120 valence electrons. The van der Waals surface area contributed by atoms with E-state index in [0.717, 1.165) is 17.8 Å². The van der Waals surface area contributed by atoms with Crippen molar-refractivity contribution < 1.29 is 4.79 Å². The Morgan fingerprint density at radius 2 is 1.33 bits per heavy atom. The third-order valence-corrected chi connectivity index (χ3v) is 5.67. The van der Waals surface area contributed by atoms with Crippen LogP contribution in [0.4, 0.5) is 0 Å². The first-order chi connectivity index (χ1) is 9.57. The summed E-state index contributed by atoms with van der Waals surface area (Å²) in [7, 11) is 0.